The third-order valence-electron chi connectivity index (χ3n) is 2.79. The van der Waals surface area contributed by atoms with Gasteiger partial charge in [0.25, 0.3) is 0 Å². The molecule has 1 N–H and O–H groups in total. The zero-order valence-corrected chi connectivity index (χ0v) is 10.2. The predicted molar refractivity (Wildman–Crippen MR) is 64.2 cm³/mol. The summed E-state index contributed by atoms with van der Waals surface area (Å²) in [7, 11) is 0. The summed E-state index contributed by atoms with van der Waals surface area (Å²) in [5.74, 6) is -1.52. The summed E-state index contributed by atoms with van der Waals surface area (Å²) in [5, 5.41) is 12.1. The predicted octanol–water partition coefficient (Wildman–Crippen LogP) is 0.179. The SMILES string of the molecule is Cc1ccc(C)c(N2NC(C(=O)[O-])=CCC2=O)c1. The molecule has 0 bridgehead atoms. The largest absolute Gasteiger partial charge is 0.543 e. The maximum absolute atomic E-state index is 11.8. The molecular weight excluding hydrogens is 232 g/mol. The number of benzene rings is 1. The van der Waals surface area contributed by atoms with Gasteiger partial charge in [0.1, 0.15) is 0 Å². The van der Waals surface area contributed by atoms with Gasteiger partial charge in [-0.25, -0.2) is 5.01 Å². The number of anilines is 1. The number of rotatable bonds is 2. The lowest BCUT2D eigenvalue weighted by Crippen LogP contribution is -2.49. The van der Waals surface area contributed by atoms with Gasteiger partial charge in [-0.2, -0.15) is 0 Å². The first-order valence-electron chi connectivity index (χ1n) is 5.57. The highest BCUT2D eigenvalue weighted by Gasteiger charge is 2.22. The summed E-state index contributed by atoms with van der Waals surface area (Å²) in [4.78, 5) is 22.6. The van der Waals surface area contributed by atoms with Crippen LogP contribution in [0.2, 0.25) is 0 Å². The number of aryl methyl sites for hydroxylation is 2. The van der Waals surface area contributed by atoms with Gasteiger partial charge in [0.15, 0.2) is 0 Å². The summed E-state index contributed by atoms with van der Waals surface area (Å²) < 4.78 is 0. The lowest BCUT2D eigenvalue weighted by molar-refractivity contribution is -0.299. The molecule has 94 valence electrons. The van der Waals surface area contributed by atoms with Crippen molar-refractivity contribution >= 4 is 17.6 Å². The number of amides is 1. The maximum atomic E-state index is 11.8. The standard InChI is InChI=1S/C13H14N2O3/c1-8-3-4-9(2)11(7-8)15-12(16)6-5-10(14-15)13(17)18/h3-5,7,14H,6H2,1-2H3,(H,17,18)/p-1. The average molecular weight is 245 g/mol. The van der Waals surface area contributed by atoms with E-state index < -0.39 is 5.97 Å². The highest BCUT2D eigenvalue weighted by Crippen LogP contribution is 2.23. The second kappa shape index (κ2) is 4.52. The summed E-state index contributed by atoms with van der Waals surface area (Å²) in [5.41, 5.74) is 5.03. The summed E-state index contributed by atoms with van der Waals surface area (Å²) in [6.07, 6.45) is 1.36. The molecule has 0 saturated carbocycles. The number of hydrazine groups is 1. The smallest absolute Gasteiger partial charge is 0.249 e. The van der Waals surface area contributed by atoms with Gasteiger partial charge in [0, 0.05) is 6.42 Å². The van der Waals surface area contributed by atoms with Gasteiger partial charge in [-0.15, -0.1) is 0 Å². The van der Waals surface area contributed by atoms with E-state index in [2.05, 4.69) is 5.43 Å². The summed E-state index contributed by atoms with van der Waals surface area (Å²) in [6.45, 7) is 3.77. The monoisotopic (exact) mass is 245 g/mol. The number of hydrogen-bond acceptors (Lipinski definition) is 4. The molecule has 0 unspecified atom stereocenters. The van der Waals surface area contributed by atoms with Crippen molar-refractivity contribution in [1.29, 1.82) is 0 Å². The number of carbonyl (C=O) groups excluding carboxylic acids is 2. The Hall–Kier alpha value is -2.30. The molecule has 0 spiro atoms. The van der Waals surface area contributed by atoms with E-state index in [0.29, 0.717) is 5.69 Å². The first-order chi connectivity index (χ1) is 8.49. The number of aliphatic carboxylic acids is 1. The van der Waals surface area contributed by atoms with Crippen LogP contribution in [0.25, 0.3) is 0 Å². The molecule has 1 amide bonds. The van der Waals surface area contributed by atoms with E-state index in [9.17, 15) is 14.7 Å². The van der Waals surface area contributed by atoms with Gasteiger partial charge in [0.2, 0.25) is 5.91 Å². The van der Waals surface area contributed by atoms with Crippen LogP contribution >= 0.6 is 0 Å². The molecule has 2 rings (SSSR count). The van der Waals surface area contributed by atoms with Crippen LogP contribution in [0, 0.1) is 13.8 Å². The van der Waals surface area contributed by atoms with Gasteiger partial charge < -0.3 is 9.90 Å². The van der Waals surface area contributed by atoms with Gasteiger partial charge in [-0.05, 0) is 37.1 Å². The zero-order valence-electron chi connectivity index (χ0n) is 10.2. The van der Waals surface area contributed by atoms with Crippen LogP contribution in [0.4, 0.5) is 5.69 Å². The Morgan fingerprint density at radius 1 is 1.39 bits per heavy atom. The lowest BCUT2D eigenvalue weighted by atomic mass is 10.1. The Morgan fingerprint density at radius 3 is 2.78 bits per heavy atom. The maximum Gasteiger partial charge on any atom is 0.249 e. The number of hydrogen-bond donors (Lipinski definition) is 1. The molecular formula is C13H13N2O3-. The molecule has 18 heavy (non-hydrogen) atoms. The first kappa shape index (κ1) is 12.2. The van der Waals surface area contributed by atoms with E-state index in [1.807, 2.05) is 32.0 Å². The lowest BCUT2D eigenvalue weighted by Gasteiger charge is -2.30. The van der Waals surface area contributed by atoms with Crippen molar-refractivity contribution in [2.75, 3.05) is 5.01 Å². The van der Waals surface area contributed by atoms with Gasteiger partial charge in [-0.3, -0.25) is 10.2 Å². The summed E-state index contributed by atoms with van der Waals surface area (Å²) >= 11 is 0. The van der Waals surface area contributed by atoms with Crippen LogP contribution in [0.5, 0.6) is 0 Å². The van der Waals surface area contributed by atoms with Crippen molar-refractivity contribution in [2.45, 2.75) is 20.3 Å². The van der Waals surface area contributed by atoms with Crippen LogP contribution in [-0.2, 0) is 9.59 Å². The fraction of sp³-hybridized carbons (Fsp3) is 0.231. The molecule has 1 heterocycles. The van der Waals surface area contributed by atoms with E-state index in [-0.39, 0.29) is 18.0 Å². The van der Waals surface area contributed by atoms with Crippen molar-refractivity contribution in [3.63, 3.8) is 0 Å². The van der Waals surface area contributed by atoms with Gasteiger partial charge in [0.05, 0.1) is 17.4 Å². The highest BCUT2D eigenvalue weighted by atomic mass is 16.4. The first-order valence-corrected chi connectivity index (χ1v) is 5.57. The van der Waals surface area contributed by atoms with Gasteiger partial charge >= 0.3 is 0 Å². The Morgan fingerprint density at radius 2 is 2.11 bits per heavy atom. The van der Waals surface area contributed by atoms with E-state index >= 15 is 0 Å². The van der Waals surface area contributed by atoms with Crippen LogP contribution in [0.15, 0.2) is 30.0 Å². The normalized spacial score (nSPS) is 15.1. The second-order valence-corrected chi connectivity index (χ2v) is 4.24. The van der Waals surface area contributed by atoms with Crippen LogP contribution < -0.4 is 15.5 Å². The molecule has 0 aromatic heterocycles. The summed E-state index contributed by atoms with van der Waals surface area (Å²) in [6, 6.07) is 5.65. The van der Waals surface area contributed by atoms with Crippen molar-refractivity contribution in [3.8, 4) is 0 Å². The molecule has 1 aromatic carbocycles. The van der Waals surface area contributed by atoms with Crippen molar-refractivity contribution in [2.24, 2.45) is 0 Å². The number of nitrogens with zero attached hydrogens (tertiary/aromatic N) is 1. The van der Waals surface area contributed by atoms with Crippen LogP contribution in [0.3, 0.4) is 0 Å². The van der Waals surface area contributed by atoms with Crippen LogP contribution in [-0.4, -0.2) is 11.9 Å². The molecule has 0 atom stereocenters. The fourth-order valence-corrected chi connectivity index (χ4v) is 1.79. The van der Waals surface area contributed by atoms with Crippen molar-refractivity contribution in [3.05, 3.63) is 41.1 Å². The molecule has 0 radical (unpaired) electrons. The minimum atomic E-state index is -1.32. The molecule has 0 aliphatic carbocycles. The molecule has 5 nitrogen and oxygen atoms in total. The number of carboxylic acids is 1. The third-order valence-corrected chi connectivity index (χ3v) is 2.79. The fourth-order valence-electron chi connectivity index (χ4n) is 1.79. The molecule has 1 aliphatic heterocycles. The van der Waals surface area contributed by atoms with E-state index in [1.54, 1.807) is 0 Å². The highest BCUT2D eigenvalue weighted by molar-refractivity contribution is 5.99. The number of nitrogens with one attached hydrogen (secondary N) is 1. The Kier molecular flexibility index (Phi) is 3.06. The van der Waals surface area contributed by atoms with E-state index in [4.69, 9.17) is 0 Å². The molecule has 5 heteroatoms. The van der Waals surface area contributed by atoms with Crippen LogP contribution in [0.1, 0.15) is 17.5 Å². The average Bonchev–Trinajstić information content (AvgIpc) is 2.33. The molecule has 1 aromatic rings. The molecule has 0 saturated heterocycles. The van der Waals surface area contributed by atoms with Gasteiger partial charge in [-0.1, -0.05) is 12.1 Å². The number of carbonyl (C=O) groups is 2. The van der Waals surface area contributed by atoms with E-state index in [0.717, 1.165) is 11.1 Å². The Labute approximate surface area is 105 Å². The van der Waals surface area contributed by atoms with Crippen molar-refractivity contribution in [1.82, 2.24) is 5.43 Å². The Bertz CT molecular complexity index is 549. The zero-order chi connectivity index (χ0) is 13.3. The molecule has 0 fully saturated rings. The topological polar surface area (TPSA) is 72.5 Å². The molecule has 1 aliphatic rings. The minimum Gasteiger partial charge on any atom is -0.543 e. The third kappa shape index (κ3) is 2.20. The second-order valence-electron chi connectivity index (χ2n) is 4.24. The number of carboxylic acid groups (broad SMARTS) is 1. The quantitative estimate of drug-likeness (QED) is 0.806. The van der Waals surface area contributed by atoms with E-state index in [1.165, 1.54) is 11.1 Å². The van der Waals surface area contributed by atoms with Crippen molar-refractivity contribution < 1.29 is 14.7 Å². The minimum absolute atomic E-state index is 0.0453. The Balaban J connectivity index is 2.38.